The lowest BCUT2D eigenvalue weighted by molar-refractivity contribution is 1.02. The van der Waals surface area contributed by atoms with Crippen LogP contribution in [-0.2, 0) is 0 Å². The molecule has 0 saturated carbocycles. The summed E-state index contributed by atoms with van der Waals surface area (Å²) in [6.07, 6.45) is 3.29. The summed E-state index contributed by atoms with van der Waals surface area (Å²) in [5.41, 5.74) is 12.5. The molecule has 0 saturated heterocycles. The molecule has 5 N–H and O–H groups in total. The average Bonchev–Trinajstić information content (AvgIpc) is 2.04. The molecule has 12 heavy (non-hydrogen) atoms. The third-order valence-corrected chi connectivity index (χ3v) is 1.98. The summed E-state index contributed by atoms with van der Waals surface area (Å²) in [6, 6.07) is 0. The highest BCUT2D eigenvalue weighted by Crippen LogP contribution is 2.26. The number of aromatic nitrogens is 1. The zero-order valence-corrected chi connectivity index (χ0v) is 8.13. The fraction of sp³-hybridized carbons (Fsp3) is 0.286. The minimum absolute atomic E-state index is 0.578. The molecular weight excluding hydrogens is 220 g/mol. The van der Waals surface area contributed by atoms with Crippen molar-refractivity contribution in [3.05, 3.63) is 16.9 Å². The van der Waals surface area contributed by atoms with Crippen molar-refractivity contribution in [3.63, 3.8) is 0 Å². The Bertz CT molecular complexity index is 243. The highest BCUT2D eigenvalue weighted by molar-refractivity contribution is 9.10. The lowest BCUT2D eigenvalue weighted by Gasteiger charge is -2.08. The third kappa shape index (κ3) is 2.09. The number of nitrogens with one attached hydrogen (secondary N) is 1. The SMILES string of the molecule is NCCNc1c(N)cncc1Br. The van der Waals surface area contributed by atoms with E-state index in [1.807, 2.05) is 0 Å². The van der Waals surface area contributed by atoms with Gasteiger partial charge in [-0.1, -0.05) is 0 Å². The molecule has 1 aromatic rings. The molecule has 0 unspecified atom stereocenters. The first-order valence-corrected chi connectivity index (χ1v) is 4.38. The number of hydrogen-bond acceptors (Lipinski definition) is 4. The van der Waals surface area contributed by atoms with Crippen molar-refractivity contribution in [2.75, 3.05) is 24.1 Å². The fourth-order valence-corrected chi connectivity index (χ4v) is 1.32. The summed E-state index contributed by atoms with van der Waals surface area (Å²) in [7, 11) is 0. The van der Waals surface area contributed by atoms with Crippen LogP contribution in [0.4, 0.5) is 11.4 Å². The number of nitrogen functional groups attached to an aromatic ring is 1. The van der Waals surface area contributed by atoms with Crippen LogP contribution in [0, 0.1) is 0 Å². The minimum atomic E-state index is 0.578. The second kappa shape index (κ2) is 4.27. The Morgan fingerprint density at radius 3 is 2.83 bits per heavy atom. The first-order chi connectivity index (χ1) is 5.75. The van der Waals surface area contributed by atoms with Gasteiger partial charge in [0.1, 0.15) is 0 Å². The van der Waals surface area contributed by atoms with Crippen molar-refractivity contribution in [2.45, 2.75) is 0 Å². The van der Waals surface area contributed by atoms with Crippen LogP contribution in [-0.4, -0.2) is 18.1 Å². The first-order valence-electron chi connectivity index (χ1n) is 3.58. The monoisotopic (exact) mass is 230 g/mol. The molecular formula is C7H11BrN4. The van der Waals surface area contributed by atoms with Crippen LogP contribution >= 0.6 is 15.9 Å². The lowest BCUT2D eigenvalue weighted by Crippen LogP contribution is -2.14. The Hall–Kier alpha value is -0.810. The van der Waals surface area contributed by atoms with Gasteiger partial charge in [0.2, 0.25) is 0 Å². The number of rotatable bonds is 3. The summed E-state index contributed by atoms with van der Waals surface area (Å²) in [5.74, 6) is 0. The third-order valence-electron chi connectivity index (χ3n) is 1.38. The second-order valence-electron chi connectivity index (χ2n) is 2.30. The van der Waals surface area contributed by atoms with Gasteiger partial charge in [-0.25, -0.2) is 0 Å². The van der Waals surface area contributed by atoms with Gasteiger partial charge in [-0.05, 0) is 15.9 Å². The van der Waals surface area contributed by atoms with E-state index in [4.69, 9.17) is 11.5 Å². The number of halogens is 1. The molecule has 0 aromatic carbocycles. The van der Waals surface area contributed by atoms with E-state index >= 15 is 0 Å². The van der Waals surface area contributed by atoms with E-state index in [1.165, 1.54) is 0 Å². The average molecular weight is 231 g/mol. The van der Waals surface area contributed by atoms with Crippen LogP contribution in [0.1, 0.15) is 0 Å². The van der Waals surface area contributed by atoms with Gasteiger partial charge < -0.3 is 16.8 Å². The topological polar surface area (TPSA) is 77.0 Å². The Labute approximate surface area is 79.5 Å². The molecule has 0 aliphatic heterocycles. The van der Waals surface area contributed by atoms with Crippen molar-refractivity contribution in [3.8, 4) is 0 Å². The van der Waals surface area contributed by atoms with Crippen LogP contribution < -0.4 is 16.8 Å². The highest BCUT2D eigenvalue weighted by Gasteiger charge is 2.02. The van der Waals surface area contributed by atoms with Crippen molar-refractivity contribution in [1.82, 2.24) is 4.98 Å². The Kier molecular flexibility index (Phi) is 3.31. The van der Waals surface area contributed by atoms with Crippen molar-refractivity contribution in [2.24, 2.45) is 5.73 Å². The molecule has 0 aliphatic rings. The smallest absolute Gasteiger partial charge is 0.0750 e. The van der Waals surface area contributed by atoms with Gasteiger partial charge in [0, 0.05) is 19.3 Å². The largest absolute Gasteiger partial charge is 0.396 e. The zero-order chi connectivity index (χ0) is 8.97. The van der Waals surface area contributed by atoms with Gasteiger partial charge in [0.15, 0.2) is 0 Å². The number of anilines is 2. The predicted octanol–water partition coefficient (Wildman–Crippen LogP) is 0.797. The molecule has 0 aliphatic carbocycles. The van der Waals surface area contributed by atoms with Crippen LogP contribution in [0.15, 0.2) is 16.9 Å². The molecule has 1 heterocycles. The standard InChI is InChI=1S/C7H11BrN4/c8-5-3-11-4-6(10)7(5)12-2-1-9/h3-4H,1-2,9-10H2,(H,11,12). The molecule has 5 heteroatoms. The molecule has 0 amide bonds. The van der Waals surface area contributed by atoms with Crippen LogP contribution in [0.3, 0.4) is 0 Å². The number of nitrogens with two attached hydrogens (primary N) is 2. The number of nitrogens with zero attached hydrogens (tertiary/aromatic N) is 1. The lowest BCUT2D eigenvalue weighted by atomic mass is 10.3. The number of pyridine rings is 1. The van der Waals surface area contributed by atoms with Gasteiger partial charge in [-0.3, -0.25) is 4.98 Å². The maximum Gasteiger partial charge on any atom is 0.0750 e. The highest BCUT2D eigenvalue weighted by atomic mass is 79.9. The van der Waals surface area contributed by atoms with Gasteiger partial charge >= 0.3 is 0 Å². The molecule has 66 valence electrons. The van der Waals surface area contributed by atoms with Gasteiger partial charge in [-0.2, -0.15) is 0 Å². The molecule has 0 radical (unpaired) electrons. The second-order valence-corrected chi connectivity index (χ2v) is 3.16. The van der Waals surface area contributed by atoms with E-state index in [9.17, 15) is 0 Å². The summed E-state index contributed by atoms with van der Waals surface area (Å²) in [5, 5.41) is 3.09. The maximum absolute atomic E-state index is 5.67. The fourth-order valence-electron chi connectivity index (χ4n) is 0.834. The van der Waals surface area contributed by atoms with E-state index in [0.717, 1.165) is 10.2 Å². The molecule has 0 fully saturated rings. The molecule has 0 atom stereocenters. The Morgan fingerprint density at radius 2 is 2.25 bits per heavy atom. The summed E-state index contributed by atoms with van der Waals surface area (Å²) in [4.78, 5) is 3.91. The van der Waals surface area contributed by atoms with Gasteiger partial charge in [-0.15, -0.1) is 0 Å². The van der Waals surface area contributed by atoms with Crippen molar-refractivity contribution < 1.29 is 0 Å². The van der Waals surface area contributed by atoms with E-state index in [2.05, 4.69) is 26.2 Å². The summed E-state index contributed by atoms with van der Waals surface area (Å²) < 4.78 is 0.857. The molecule has 0 spiro atoms. The van der Waals surface area contributed by atoms with E-state index < -0.39 is 0 Å². The van der Waals surface area contributed by atoms with Crippen LogP contribution in [0.5, 0.6) is 0 Å². The van der Waals surface area contributed by atoms with E-state index in [1.54, 1.807) is 12.4 Å². The summed E-state index contributed by atoms with van der Waals surface area (Å²) >= 11 is 3.33. The van der Waals surface area contributed by atoms with Crippen molar-refractivity contribution in [1.29, 1.82) is 0 Å². The number of hydrogen-bond donors (Lipinski definition) is 3. The first kappa shape index (κ1) is 9.28. The predicted molar refractivity (Wildman–Crippen MR) is 53.9 cm³/mol. The van der Waals surface area contributed by atoms with Gasteiger partial charge in [0.05, 0.1) is 22.0 Å². The molecule has 4 nitrogen and oxygen atoms in total. The molecule has 1 rings (SSSR count). The maximum atomic E-state index is 5.67. The van der Waals surface area contributed by atoms with E-state index in [0.29, 0.717) is 18.8 Å². The summed E-state index contributed by atoms with van der Waals surface area (Å²) in [6.45, 7) is 1.28. The molecule has 1 aromatic heterocycles. The van der Waals surface area contributed by atoms with E-state index in [-0.39, 0.29) is 0 Å². The molecule has 0 bridgehead atoms. The van der Waals surface area contributed by atoms with Crippen LogP contribution in [0.25, 0.3) is 0 Å². The minimum Gasteiger partial charge on any atom is -0.396 e. The van der Waals surface area contributed by atoms with Crippen molar-refractivity contribution >= 4 is 27.3 Å². The quantitative estimate of drug-likeness (QED) is 0.718. The Balaban J connectivity index is 2.81. The van der Waals surface area contributed by atoms with Gasteiger partial charge in [0.25, 0.3) is 0 Å². The normalized spacial score (nSPS) is 9.83. The zero-order valence-electron chi connectivity index (χ0n) is 6.55. The Morgan fingerprint density at radius 1 is 1.50 bits per heavy atom. The van der Waals surface area contributed by atoms with Crippen LogP contribution in [0.2, 0.25) is 0 Å².